The highest BCUT2D eigenvalue weighted by Gasteiger charge is 2.52. The number of carbonyl (C=O) groups excluding carboxylic acids is 2. The number of benzene rings is 6. The van der Waals surface area contributed by atoms with Crippen molar-refractivity contribution in [2.24, 2.45) is 0 Å². The molecule has 1 aliphatic heterocycles. The van der Waals surface area contributed by atoms with E-state index in [2.05, 4.69) is 48.6 Å². The fourth-order valence-corrected chi connectivity index (χ4v) is 7.80. The van der Waals surface area contributed by atoms with E-state index in [0.717, 1.165) is 50.9 Å². The fraction of sp³-hybridized carbons (Fsp3) is 0.111. The maximum Gasteiger partial charge on any atom is 0.294 e. The Balaban J connectivity index is 1.29. The number of carbonyl (C=O) groups is 2. The lowest BCUT2D eigenvalue weighted by Gasteiger charge is -2.41. The predicted octanol–water partition coefficient (Wildman–Crippen LogP) is 10.2. The van der Waals surface area contributed by atoms with Crippen molar-refractivity contribution in [1.29, 1.82) is 0 Å². The molecule has 5 nitrogen and oxygen atoms in total. The summed E-state index contributed by atoms with van der Waals surface area (Å²) < 4.78 is 5.44. The minimum atomic E-state index is -1.18. The van der Waals surface area contributed by atoms with E-state index in [1.807, 2.05) is 140 Å². The van der Waals surface area contributed by atoms with Gasteiger partial charge in [-0.3, -0.25) is 14.9 Å². The third-order valence-electron chi connectivity index (χ3n) is 9.41. The zero-order chi connectivity index (χ0) is 35.2. The Morgan fingerprint density at radius 3 is 1.67 bits per heavy atom. The van der Waals surface area contributed by atoms with Gasteiger partial charge < -0.3 is 4.74 Å². The first-order chi connectivity index (χ1) is 25.0. The molecule has 1 saturated heterocycles. The monoisotopic (exact) mass is 686 g/mol. The highest BCUT2D eigenvalue weighted by Crippen LogP contribution is 2.48. The molecule has 252 valence electrons. The van der Waals surface area contributed by atoms with Crippen molar-refractivity contribution in [3.63, 3.8) is 0 Å². The van der Waals surface area contributed by atoms with Gasteiger partial charge in [-0.25, -0.2) is 4.90 Å². The van der Waals surface area contributed by atoms with E-state index in [9.17, 15) is 9.59 Å². The zero-order valence-electron chi connectivity index (χ0n) is 28.5. The molecular weight excluding hydrogens is 649 g/mol. The molecule has 1 heterocycles. The van der Waals surface area contributed by atoms with Crippen LogP contribution in [-0.4, -0.2) is 23.2 Å². The molecule has 0 aliphatic carbocycles. The number of ether oxygens (including phenoxy) is 1. The maximum absolute atomic E-state index is 14.7. The highest BCUT2D eigenvalue weighted by atomic mass is 32.2. The lowest BCUT2D eigenvalue weighted by atomic mass is 9.75. The van der Waals surface area contributed by atoms with Gasteiger partial charge in [0.05, 0.1) is 18.1 Å². The van der Waals surface area contributed by atoms with Crippen molar-refractivity contribution < 1.29 is 14.3 Å². The van der Waals surface area contributed by atoms with Crippen LogP contribution in [0.1, 0.15) is 58.0 Å². The van der Waals surface area contributed by atoms with Crippen LogP contribution in [0.4, 0.5) is 4.79 Å². The summed E-state index contributed by atoms with van der Waals surface area (Å²) in [7, 11) is 1.66. The second-order valence-electron chi connectivity index (χ2n) is 12.5. The first kappa shape index (κ1) is 33.8. The highest BCUT2D eigenvalue weighted by molar-refractivity contribution is 8.18. The average Bonchev–Trinajstić information content (AvgIpc) is 3.47. The topological polar surface area (TPSA) is 58.6 Å². The number of rotatable bonds is 11. The minimum absolute atomic E-state index is 0.0561. The summed E-state index contributed by atoms with van der Waals surface area (Å²) in [5.41, 5.74) is 5.42. The number of hydrogen-bond acceptors (Lipinski definition) is 5. The molecular formula is C45H38N2O3S. The molecule has 6 heteroatoms. The lowest BCUT2D eigenvalue weighted by molar-refractivity contribution is -0.125. The molecule has 0 spiro atoms. The quantitative estimate of drug-likeness (QED) is 0.109. The average molecular weight is 687 g/mol. The van der Waals surface area contributed by atoms with Gasteiger partial charge in [0.1, 0.15) is 11.3 Å². The fourth-order valence-electron chi connectivity index (χ4n) is 6.93. The molecule has 0 bridgehead atoms. The standard InChI is InChI=1S/C45H38N2O3S/c1-32(34-17-7-3-8-18-34)46-42(35-26-28-40(50-2)29-27-35)36-19-15-16-33(30-36)31-41-43(48)47(44(49)51-41)45(37-20-9-4-10-21-37,38-22-11-5-12-23-38)39-24-13-6-14-25-39/h3-32,42,46H,1-2H3/t32-,42?/m1/s1. The molecule has 1 aliphatic rings. The number of methoxy groups -OCH3 is 1. The van der Waals surface area contributed by atoms with Crippen molar-refractivity contribution in [3.8, 4) is 5.75 Å². The number of nitrogens with zero attached hydrogens (tertiary/aromatic N) is 1. The van der Waals surface area contributed by atoms with E-state index in [1.165, 1.54) is 10.5 Å². The summed E-state index contributed by atoms with van der Waals surface area (Å²) >= 11 is 0.979. The summed E-state index contributed by atoms with van der Waals surface area (Å²) in [6.07, 6.45) is 1.84. The number of hydrogen-bond donors (Lipinski definition) is 1. The molecule has 1 N–H and O–H groups in total. The van der Waals surface area contributed by atoms with Crippen LogP contribution < -0.4 is 10.1 Å². The van der Waals surface area contributed by atoms with E-state index in [1.54, 1.807) is 7.11 Å². The van der Waals surface area contributed by atoms with E-state index in [4.69, 9.17) is 4.74 Å². The predicted molar refractivity (Wildman–Crippen MR) is 206 cm³/mol. The SMILES string of the molecule is COc1ccc(C(N[C@H](C)c2ccccc2)c2cccc(C=C3SC(=O)N(C(c4ccccc4)(c4ccccc4)c4ccccc4)C3=O)c2)cc1. The van der Waals surface area contributed by atoms with Gasteiger partial charge in [-0.15, -0.1) is 0 Å². The van der Waals surface area contributed by atoms with Gasteiger partial charge in [0.25, 0.3) is 11.1 Å². The normalized spacial score (nSPS) is 15.2. The van der Waals surface area contributed by atoms with Gasteiger partial charge >= 0.3 is 0 Å². The summed E-state index contributed by atoms with van der Waals surface area (Å²) in [6.45, 7) is 2.16. The zero-order valence-corrected chi connectivity index (χ0v) is 29.3. The van der Waals surface area contributed by atoms with Crippen LogP contribution >= 0.6 is 11.8 Å². The third kappa shape index (κ3) is 6.76. The molecule has 1 fully saturated rings. The maximum atomic E-state index is 14.7. The molecule has 6 aromatic carbocycles. The third-order valence-corrected chi connectivity index (χ3v) is 10.3. The Morgan fingerprint density at radius 2 is 1.14 bits per heavy atom. The first-order valence-corrected chi connectivity index (χ1v) is 17.8. The molecule has 51 heavy (non-hydrogen) atoms. The Morgan fingerprint density at radius 1 is 0.627 bits per heavy atom. The van der Waals surface area contributed by atoms with E-state index < -0.39 is 5.54 Å². The van der Waals surface area contributed by atoms with Crippen LogP contribution in [0.15, 0.2) is 175 Å². The van der Waals surface area contributed by atoms with Crippen LogP contribution in [0.25, 0.3) is 6.08 Å². The smallest absolute Gasteiger partial charge is 0.294 e. The minimum Gasteiger partial charge on any atom is -0.497 e. The first-order valence-electron chi connectivity index (χ1n) is 17.0. The second-order valence-corrected chi connectivity index (χ2v) is 13.5. The number of imide groups is 1. The molecule has 2 atom stereocenters. The van der Waals surface area contributed by atoms with Crippen LogP contribution in [-0.2, 0) is 10.3 Å². The van der Waals surface area contributed by atoms with Crippen LogP contribution in [0.2, 0.25) is 0 Å². The molecule has 1 unspecified atom stereocenters. The lowest BCUT2D eigenvalue weighted by Crippen LogP contribution is -2.50. The van der Waals surface area contributed by atoms with Gasteiger partial charge in [-0.1, -0.05) is 152 Å². The van der Waals surface area contributed by atoms with Crippen molar-refractivity contribution in [3.05, 3.63) is 214 Å². The number of amides is 2. The van der Waals surface area contributed by atoms with Crippen molar-refractivity contribution in [2.75, 3.05) is 7.11 Å². The van der Waals surface area contributed by atoms with Gasteiger partial charge in [0, 0.05) is 6.04 Å². The van der Waals surface area contributed by atoms with Crippen molar-refractivity contribution in [1.82, 2.24) is 10.2 Å². The van der Waals surface area contributed by atoms with Gasteiger partial charge in [-0.2, -0.15) is 0 Å². The van der Waals surface area contributed by atoms with E-state index in [-0.39, 0.29) is 23.2 Å². The Kier molecular flexibility index (Phi) is 9.97. The largest absolute Gasteiger partial charge is 0.497 e. The number of thioether (sulfide) groups is 1. The molecule has 0 saturated carbocycles. The molecule has 2 amide bonds. The van der Waals surface area contributed by atoms with Gasteiger partial charge in [-0.05, 0) is 81.9 Å². The van der Waals surface area contributed by atoms with Crippen LogP contribution in [0, 0.1) is 0 Å². The van der Waals surface area contributed by atoms with Crippen molar-refractivity contribution >= 4 is 29.0 Å². The Hall–Kier alpha value is -5.69. The molecule has 7 rings (SSSR count). The Bertz CT molecular complexity index is 2040. The van der Waals surface area contributed by atoms with Crippen molar-refractivity contribution in [2.45, 2.75) is 24.5 Å². The van der Waals surface area contributed by atoms with E-state index >= 15 is 0 Å². The van der Waals surface area contributed by atoms with Gasteiger partial charge in [0.15, 0.2) is 0 Å². The van der Waals surface area contributed by atoms with E-state index in [0.29, 0.717) is 4.91 Å². The van der Waals surface area contributed by atoms with Crippen LogP contribution in [0.5, 0.6) is 5.75 Å². The van der Waals surface area contributed by atoms with Crippen LogP contribution in [0.3, 0.4) is 0 Å². The summed E-state index contributed by atoms with van der Waals surface area (Å²) in [5.74, 6) is 0.449. The number of nitrogens with one attached hydrogen (secondary N) is 1. The molecule has 0 aromatic heterocycles. The summed E-state index contributed by atoms with van der Waals surface area (Å²) in [6, 6.07) is 55.9. The Labute approximate surface area is 303 Å². The molecule has 6 aromatic rings. The second kappa shape index (κ2) is 15.1. The summed E-state index contributed by atoms with van der Waals surface area (Å²) in [5, 5.41) is 3.50. The van der Waals surface area contributed by atoms with Gasteiger partial charge in [0.2, 0.25) is 0 Å². The molecule has 0 radical (unpaired) electrons. The summed E-state index contributed by atoms with van der Waals surface area (Å²) in [4.78, 5) is 30.7.